The maximum atomic E-state index is 13.1. The summed E-state index contributed by atoms with van der Waals surface area (Å²) in [5.74, 6) is -0.578. The van der Waals surface area contributed by atoms with Gasteiger partial charge >= 0.3 is 6.18 Å². The first-order valence-electron chi connectivity index (χ1n) is 7.43. The van der Waals surface area contributed by atoms with Crippen LogP contribution in [0.3, 0.4) is 0 Å². The molecule has 0 radical (unpaired) electrons. The third-order valence-corrected chi connectivity index (χ3v) is 4.56. The molecule has 9 heteroatoms. The summed E-state index contributed by atoms with van der Waals surface area (Å²) in [6.07, 6.45) is -3.07. The van der Waals surface area contributed by atoms with Crippen LogP contribution in [0.1, 0.15) is 35.7 Å². The molecule has 1 saturated carbocycles. The number of carbonyl (C=O) groups is 1. The molecule has 1 amide bonds. The molecule has 130 valence electrons. The predicted octanol–water partition coefficient (Wildman–Crippen LogP) is 4.05. The Labute approximate surface area is 149 Å². The van der Waals surface area contributed by atoms with Crippen molar-refractivity contribution in [3.05, 3.63) is 45.7 Å². The molecule has 1 aromatic heterocycles. The second kappa shape index (κ2) is 6.52. The van der Waals surface area contributed by atoms with E-state index in [4.69, 9.17) is 5.26 Å². The molecule has 1 aliphatic rings. The zero-order valence-corrected chi connectivity index (χ0v) is 14.4. The molecule has 0 atom stereocenters. The Morgan fingerprint density at radius 3 is 2.68 bits per heavy atom. The minimum absolute atomic E-state index is 0.0304. The van der Waals surface area contributed by atoms with Crippen molar-refractivity contribution < 1.29 is 18.0 Å². The Morgan fingerprint density at radius 1 is 1.40 bits per heavy atom. The lowest BCUT2D eigenvalue weighted by Crippen LogP contribution is -2.21. The van der Waals surface area contributed by atoms with Gasteiger partial charge in [0, 0.05) is 5.92 Å². The molecular formula is C16H12BrF3N4O. The average molecular weight is 413 g/mol. The van der Waals surface area contributed by atoms with Crippen LogP contribution >= 0.6 is 15.9 Å². The Morgan fingerprint density at radius 2 is 2.08 bits per heavy atom. The summed E-state index contributed by atoms with van der Waals surface area (Å²) < 4.78 is 40.2. The van der Waals surface area contributed by atoms with E-state index in [1.807, 2.05) is 6.07 Å². The van der Waals surface area contributed by atoms with Gasteiger partial charge in [0.05, 0.1) is 21.4 Å². The molecule has 1 aromatic carbocycles. The molecule has 1 aliphatic carbocycles. The number of amides is 1. The van der Waals surface area contributed by atoms with Crippen LogP contribution in [0.5, 0.6) is 0 Å². The highest BCUT2D eigenvalue weighted by Gasteiger charge is 2.41. The maximum absolute atomic E-state index is 13.1. The molecule has 0 saturated heterocycles. The smallest absolute Gasteiger partial charge is 0.323 e. The summed E-state index contributed by atoms with van der Waals surface area (Å²) >= 11 is 2.98. The molecular weight excluding hydrogens is 401 g/mol. The van der Waals surface area contributed by atoms with Gasteiger partial charge in [-0.15, -0.1) is 0 Å². The number of halogens is 4. The van der Waals surface area contributed by atoms with E-state index in [1.165, 1.54) is 6.07 Å². The van der Waals surface area contributed by atoms with E-state index in [0.717, 1.165) is 17.5 Å². The molecule has 5 nitrogen and oxygen atoms in total. The molecule has 1 fully saturated rings. The van der Waals surface area contributed by atoms with Crippen LogP contribution < -0.4 is 5.32 Å². The van der Waals surface area contributed by atoms with Crippen molar-refractivity contribution in [2.45, 2.75) is 31.5 Å². The quantitative estimate of drug-likeness (QED) is 0.822. The first-order chi connectivity index (χ1) is 11.8. The van der Waals surface area contributed by atoms with Crippen molar-refractivity contribution in [1.82, 2.24) is 9.78 Å². The maximum Gasteiger partial charge on any atom is 0.436 e. The van der Waals surface area contributed by atoms with Crippen molar-refractivity contribution in [3.63, 3.8) is 0 Å². The van der Waals surface area contributed by atoms with Crippen molar-refractivity contribution in [1.29, 1.82) is 5.26 Å². The van der Waals surface area contributed by atoms with Crippen LogP contribution in [0.4, 0.5) is 18.9 Å². The molecule has 0 unspecified atom stereocenters. The standard InChI is InChI=1S/C16H12BrF3N4O/c17-13-14(9-5-6-9)24(23-15(13)16(18,19)20)8-12(25)22-11-4-2-1-3-10(11)7-21/h1-4,9H,5-6,8H2,(H,22,25). The van der Waals surface area contributed by atoms with Gasteiger partial charge in [0.2, 0.25) is 5.91 Å². The van der Waals surface area contributed by atoms with E-state index in [0.29, 0.717) is 11.4 Å². The monoisotopic (exact) mass is 412 g/mol. The second-order valence-electron chi connectivity index (χ2n) is 5.68. The number of benzene rings is 1. The third kappa shape index (κ3) is 3.69. The highest BCUT2D eigenvalue weighted by molar-refractivity contribution is 9.10. The molecule has 0 bridgehead atoms. The molecule has 0 aliphatic heterocycles. The van der Waals surface area contributed by atoms with Crippen LogP contribution in [-0.2, 0) is 17.5 Å². The van der Waals surface area contributed by atoms with Gasteiger partial charge in [0.15, 0.2) is 5.69 Å². The Bertz CT molecular complexity index is 865. The molecule has 0 spiro atoms. The minimum Gasteiger partial charge on any atom is -0.323 e. The van der Waals surface area contributed by atoms with Crippen molar-refractivity contribution in [2.24, 2.45) is 0 Å². The van der Waals surface area contributed by atoms with Crippen molar-refractivity contribution >= 4 is 27.5 Å². The van der Waals surface area contributed by atoms with E-state index >= 15 is 0 Å². The highest BCUT2D eigenvalue weighted by Crippen LogP contribution is 2.46. The number of anilines is 1. The van der Waals surface area contributed by atoms with Gasteiger partial charge in [0.1, 0.15) is 12.6 Å². The highest BCUT2D eigenvalue weighted by atomic mass is 79.9. The van der Waals surface area contributed by atoms with E-state index in [9.17, 15) is 18.0 Å². The van der Waals surface area contributed by atoms with Crippen molar-refractivity contribution in [2.75, 3.05) is 5.32 Å². The van der Waals surface area contributed by atoms with Gasteiger partial charge in [-0.1, -0.05) is 12.1 Å². The average Bonchev–Trinajstić information content (AvgIpc) is 3.31. The summed E-state index contributed by atoms with van der Waals surface area (Å²) in [5, 5.41) is 15.2. The number of nitrogens with zero attached hydrogens (tertiary/aromatic N) is 3. The number of carbonyl (C=O) groups excluding carboxylic acids is 1. The molecule has 3 rings (SSSR count). The number of rotatable bonds is 4. The number of hydrogen-bond acceptors (Lipinski definition) is 3. The Hall–Kier alpha value is -2.34. The summed E-state index contributed by atoms with van der Waals surface area (Å²) in [6, 6.07) is 8.34. The molecule has 1 N–H and O–H groups in total. The number of nitriles is 1. The predicted molar refractivity (Wildman–Crippen MR) is 86.7 cm³/mol. The normalized spacial score (nSPS) is 14.2. The summed E-state index contributed by atoms with van der Waals surface area (Å²) in [4.78, 5) is 12.2. The van der Waals surface area contributed by atoms with Gasteiger partial charge in [-0.3, -0.25) is 9.48 Å². The zero-order chi connectivity index (χ0) is 18.2. The summed E-state index contributed by atoms with van der Waals surface area (Å²) in [7, 11) is 0. The molecule has 1 heterocycles. The van der Waals surface area contributed by atoms with Gasteiger partial charge in [-0.25, -0.2) is 0 Å². The van der Waals surface area contributed by atoms with E-state index in [1.54, 1.807) is 18.2 Å². The fourth-order valence-electron chi connectivity index (χ4n) is 2.52. The largest absolute Gasteiger partial charge is 0.436 e. The van der Waals surface area contributed by atoms with Gasteiger partial charge in [-0.2, -0.15) is 23.5 Å². The topological polar surface area (TPSA) is 70.7 Å². The van der Waals surface area contributed by atoms with Crippen LogP contribution in [0.15, 0.2) is 28.7 Å². The number of alkyl halides is 3. The minimum atomic E-state index is -4.60. The van der Waals surface area contributed by atoms with Crippen LogP contribution in [0, 0.1) is 11.3 Å². The number of para-hydroxylation sites is 1. The SMILES string of the molecule is N#Cc1ccccc1NC(=O)Cn1nc(C(F)(F)F)c(Br)c1C1CC1. The van der Waals surface area contributed by atoms with E-state index in [2.05, 4.69) is 26.3 Å². The Kier molecular flexibility index (Phi) is 4.56. The van der Waals surface area contributed by atoms with E-state index in [-0.39, 0.29) is 22.5 Å². The number of nitrogens with one attached hydrogen (secondary N) is 1. The zero-order valence-electron chi connectivity index (χ0n) is 12.8. The lowest BCUT2D eigenvalue weighted by Gasteiger charge is -2.09. The van der Waals surface area contributed by atoms with Gasteiger partial charge in [0.25, 0.3) is 0 Å². The number of aromatic nitrogens is 2. The van der Waals surface area contributed by atoms with E-state index < -0.39 is 17.8 Å². The van der Waals surface area contributed by atoms with Crippen LogP contribution in [-0.4, -0.2) is 15.7 Å². The fraction of sp³-hybridized carbons (Fsp3) is 0.312. The first kappa shape index (κ1) is 17.5. The van der Waals surface area contributed by atoms with Crippen LogP contribution in [0.2, 0.25) is 0 Å². The third-order valence-electron chi connectivity index (χ3n) is 3.78. The molecule has 2 aromatic rings. The van der Waals surface area contributed by atoms with Gasteiger partial charge < -0.3 is 5.32 Å². The molecule has 25 heavy (non-hydrogen) atoms. The summed E-state index contributed by atoms with van der Waals surface area (Å²) in [5.41, 5.74) is -0.0585. The number of hydrogen-bond donors (Lipinski definition) is 1. The first-order valence-corrected chi connectivity index (χ1v) is 8.23. The lowest BCUT2D eigenvalue weighted by atomic mass is 10.2. The summed E-state index contributed by atoms with van der Waals surface area (Å²) in [6.45, 7) is -0.361. The second-order valence-corrected chi connectivity index (χ2v) is 6.48. The van der Waals surface area contributed by atoms with Crippen molar-refractivity contribution in [3.8, 4) is 6.07 Å². The lowest BCUT2D eigenvalue weighted by molar-refractivity contribution is -0.142. The van der Waals surface area contributed by atoms with Gasteiger partial charge in [-0.05, 0) is 40.9 Å². The van der Waals surface area contributed by atoms with Crippen LogP contribution in [0.25, 0.3) is 0 Å². The fourth-order valence-corrected chi connectivity index (χ4v) is 3.35. The Balaban J connectivity index is 1.85.